The number of aliphatic carboxylic acids is 1. The highest BCUT2D eigenvalue weighted by molar-refractivity contribution is 5.98. The van der Waals surface area contributed by atoms with E-state index in [1.807, 2.05) is 0 Å². The van der Waals surface area contributed by atoms with Gasteiger partial charge < -0.3 is 15.5 Å². The molecule has 0 heterocycles. The van der Waals surface area contributed by atoms with Crippen molar-refractivity contribution in [3.8, 4) is 5.75 Å². The number of para-hydroxylation sites is 1. The molecule has 0 saturated carbocycles. The van der Waals surface area contributed by atoms with Crippen LogP contribution in [0, 0.1) is 0 Å². The molecule has 0 fully saturated rings. The molecule has 2 rings (SSSR count). The Hall–Kier alpha value is -2.82. The predicted molar refractivity (Wildman–Crippen MR) is 72.4 cm³/mol. The van der Waals surface area contributed by atoms with Crippen LogP contribution in [0.15, 0.2) is 54.6 Å². The Kier molecular flexibility index (Phi) is 4.00. The Balaban J connectivity index is 2.24. The van der Waals surface area contributed by atoms with E-state index in [0.29, 0.717) is 5.56 Å². The Morgan fingerprint density at radius 3 is 2.15 bits per heavy atom. The van der Waals surface area contributed by atoms with Crippen LogP contribution in [0.4, 0.5) is 0 Å². The summed E-state index contributed by atoms with van der Waals surface area (Å²) >= 11 is 0. The fourth-order valence-electron chi connectivity index (χ4n) is 1.81. The van der Waals surface area contributed by atoms with Crippen molar-refractivity contribution in [2.45, 2.75) is 6.04 Å². The zero-order chi connectivity index (χ0) is 14.5. The van der Waals surface area contributed by atoms with Crippen LogP contribution in [0.2, 0.25) is 0 Å². The number of carboxylic acid groups (broad SMARTS) is 1. The van der Waals surface area contributed by atoms with Crippen molar-refractivity contribution in [3.05, 3.63) is 65.7 Å². The Morgan fingerprint density at radius 2 is 1.55 bits per heavy atom. The number of aromatic hydroxyl groups is 1. The third-order valence-electron chi connectivity index (χ3n) is 2.80. The second-order valence-electron chi connectivity index (χ2n) is 4.17. The lowest BCUT2D eigenvalue weighted by Gasteiger charge is -2.15. The molecule has 0 aliphatic rings. The molecule has 20 heavy (non-hydrogen) atoms. The van der Waals surface area contributed by atoms with E-state index in [9.17, 15) is 19.8 Å². The van der Waals surface area contributed by atoms with Crippen LogP contribution in [0.25, 0.3) is 0 Å². The fourth-order valence-corrected chi connectivity index (χ4v) is 1.81. The first kappa shape index (κ1) is 13.6. The molecular formula is C15H13NO4. The topological polar surface area (TPSA) is 86.6 Å². The van der Waals surface area contributed by atoms with Crippen LogP contribution in [-0.2, 0) is 4.79 Å². The molecule has 2 aromatic carbocycles. The van der Waals surface area contributed by atoms with Gasteiger partial charge in [-0.3, -0.25) is 4.79 Å². The Bertz CT molecular complexity index is 625. The molecule has 0 radical (unpaired) electrons. The maximum absolute atomic E-state index is 12.0. The van der Waals surface area contributed by atoms with Gasteiger partial charge in [0.05, 0.1) is 5.56 Å². The van der Waals surface area contributed by atoms with E-state index < -0.39 is 17.9 Å². The van der Waals surface area contributed by atoms with Gasteiger partial charge in [0.2, 0.25) is 0 Å². The zero-order valence-corrected chi connectivity index (χ0v) is 10.5. The second kappa shape index (κ2) is 5.88. The minimum absolute atomic E-state index is 0.0367. The summed E-state index contributed by atoms with van der Waals surface area (Å²) in [4.78, 5) is 23.3. The number of carboxylic acids is 1. The van der Waals surface area contributed by atoms with Crippen molar-refractivity contribution in [1.82, 2.24) is 5.32 Å². The monoisotopic (exact) mass is 271 g/mol. The summed E-state index contributed by atoms with van der Waals surface area (Å²) in [5.74, 6) is -2.00. The number of carbonyl (C=O) groups excluding carboxylic acids is 1. The lowest BCUT2D eigenvalue weighted by atomic mass is 10.1. The summed E-state index contributed by atoms with van der Waals surface area (Å²) in [7, 11) is 0. The first-order valence-corrected chi connectivity index (χ1v) is 5.96. The van der Waals surface area contributed by atoms with Crippen LogP contribution < -0.4 is 5.32 Å². The van der Waals surface area contributed by atoms with Crippen molar-refractivity contribution >= 4 is 11.9 Å². The Morgan fingerprint density at radius 1 is 0.950 bits per heavy atom. The van der Waals surface area contributed by atoms with Crippen LogP contribution in [-0.4, -0.2) is 22.1 Å². The van der Waals surface area contributed by atoms with Crippen LogP contribution in [0.3, 0.4) is 0 Å². The molecule has 0 spiro atoms. The molecule has 0 unspecified atom stereocenters. The fraction of sp³-hybridized carbons (Fsp3) is 0.0667. The van der Waals surface area contributed by atoms with Crippen molar-refractivity contribution in [3.63, 3.8) is 0 Å². The third-order valence-corrected chi connectivity index (χ3v) is 2.80. The van der Waals surface area contributed by atoms with Gasteiger partial charge in [0.15, 0.2) is 6.04 Å². The summed E-state index contributed by atoms with van der Waals surface area (Å²) in [5, 5.41) is 21.2. The molecule has 0 aliphatic heterocycles. The first-order valence-electron chi connectivity index (χ1n) is 5.96. The number of phenolic OH excluding ortho intramolecular Hbond substituents is 1. The van der Waals surface area contributed by atoms with Gasteiger partial charge in [-0.25, -0.2) is 4.79 Å². The first-order chi connectivity index (χ1) is 9.59. The summed E-state index contributed by atoms with van der Waals surface area (Å²) < 4.78 is 0. The molecule has 102 valence electrons. The van der Waals surface area contributed by atoms with Crippen molar-refractivity contribution in [2.24, 2.45) is 0 Å². The standard InChI is InChI=1S/C15H13NO4/c17-12-9-5-4-8-11(12)14(18)16-13(15(19)20)10-6-2-1-3-7-10/h1-9,13,17H,(H,16,18)(H,19,20)/t13-/m0/s1. The van der Waals surface area contributed by atoms with Gasteiger partial charge in [0.25, 0.3) is 5.91 Å². The number of rotatable bonds is 4. The number of hydrogen-bond donors (Lipinski definition) is 3. The third kappa shape index (κ3) is 2.95. The quantitative estimate of drug-likeness (QED) is 0.793. The number of benzene rings is 2. The molecule has 2 aromatic rings. The molecule has 0 bridgehead atoms. The average molecular weight is 271 g/mol. The number of nitrogens with one attached hydrogen (secondary N) is 1. The molecule has 0 aliphatic carbocycles. The maximum Gasteiger partial charge on any atom is 0.330 e. The molecule has 0 aromatic heterocycles. The second-order valence-corrected chi connectivity index (χ2v) is 4.17. The summed E-state index contributed by atoms with van der Waals surface area (Å²) in [6.45, 7) is 0. The van der Waals surface area contributed by atoms with Crippen molar-refractivity contribution in [1.29, 1.82) is 0 Å². The van der Waals surface area contributed by atoms with E-state index in [0.717, 1.165) is 0 Å². The van der Waals surface area contributed by atoms with Gasteiger partial charge in [-0.1, -0.05) is 42.5 Å². The van der Waals surface area contributed by atoms with Gasteiger partial charge in [0.1, 0.15) is 5.75 Å². The highest BCUT2D eigenvalue weighted by Crippen LogP contribution is 2.18. The normalized spacial score (nSPS) is 11.6. The van der Waals surface area contributed by atoms with Gasteiger partial charge in [-0.15, -0.1) is 0 Å². The predicted octanol–water partition coefficient (Wildman–Crippen LogP) is 1.95. The largest absolute Gasteiger partial charge is 0.507 e. The molecule has 5 nitrogen and oxygen atoms in total. The summed E-state index contributed by atoms with van der Waals surface area (Å²) in [5.41, 5.74) is 0.499. The number of phenols is 1. The van der Waals surface area contributed by atoms with E-state index in [1.165, 1.54) is 12.1 Å². The molecule has 1 atom stereocenters. The number of carbonyl (C=O) groups is 2. The van der Waals surface area contributed by atoms with Gasteiger partial charge in [0, 0.05) is 0 Å². The smallest absolute Gasteiger partial charge is 0.330 e. The molecule has 3 N–H and O–H groups in total. The van der Waals surface area contributed by atoms with Crippen molar-refractivity contribution < 1.29 is 19.8 Å². The van der Waals surface area contributed by atoms with Gasteiger partial charge >= 0.3 is 5.97 Å². The highest BCUT2D eigenvalue weighted by Gasteiger charge is 2.23. The van der Waals surface area contributed by atoms with E-state index in [-0.39, 0.29) is 11.3 Å². The number of amides is 1. The summed E-state index contributed by atoms with van der Waals surface area (Å²) in [6.07, 6.45) is 0. The Labute approximate surface area is 115 Å². The molecule has 0 saturated heterocycles. The minimum atomic E-state index is -1.17. The summed E-state index contributed by atoms with van der Waals surface area (Å²) in [6, 6.07) is 13.2. The van der Waals surface area contributed by atoms with E-state index in [4.69, 9.17) is 0 Å². The lowest BCUT2D eigenvalue weighted by molar-refractivity contribution is -0.139. The zero-order valence-electron chi connectivity index (χ0n) is 10.5. The molecular weight excluding hydrogens is 258 g/mol. The van der Waals surface area contributed by atoms with Gasteiger partial charge in [-0.2, -0.15) is 0 Å². The SMILES string of the molecule is O=C(N[C@H](C(=O)O)c1ccccc1)c1ccccc1O. The lowest BCUT2D eigenvalue weighted by Crippen LogP contribution is -2.33. The average Bonchev–Trinajstić information content (AvgIpc) is 2.45. The molecule has 5 heteroatoms. The van der Waals surface area contributed by atoms with E-state index in [2.05, 4.69) is 5.32 Å². The van der Waals surface area contributed by atoms with Gasteiger partial charge in [-0.05, 0) is 17.7 Å². The minimum Gasteiger partial charge on any atom is -0.507 e. The number of hydrogen-bond acceptors (Lipinski definition) is 3. The maximum atomic E-state index is 12.0. The van der Waals surface area contributed by atoms with E-state index >= 15 is 0 Å². The van der Waals surface area contributed by atoms with Crippen molar-refractivity contribution in [2.75, 3.05) is 0 Å². The van der Waals surface area contributed by atoms with E-state index in [1.54, 1.807) is 42.5 Å². The van der Waals surface area contributed by atoms with Crippen LogP contribution in [0.1, 0.15) is 22.0 Å². The van der Waals surface area contributed by atoms with Crippen LogP contribution in [0.5, 0.6) is 5.75 Å². The highest BCUT2D eigenvalue weighted by atomic mass is 16.4. The molecule has 1 amide bonds. The van der Waals surface area contributed by atoms with Crippen LogP contribution >= 0.6 is 0 Å².